The van der Waals surface area contributed by atoms with Crippen molar-refractivity contribution in [3.8, 4) is 0 Å². The van der Waals surface area contributed by atoms with Gasteiger partial charge in [0.25, 0.3) is 0 Å². The molecule has 0 bridgehead atoms. The number of furan rings is 1. The second-order valence-electron chi connectivity index (χ2n) is 4.71. The van der Waals surface area contributed by atoms with Crippen molar-refractivity contribution in [3.63, 3.8) is 0 Å². The van der Waals surface area contributed by atoms with Crippen LogP contribution in [-0.2, 0) is 12.8 Å². The third-order valence-electron chi connectivity index (χ3n) is 3.26. The van der Waals surface area contributed by atoms with E-state index in [0.29, 0.717) is 12.0 Å². The van der Waals surface area contributed by atoms with Crippen molar-refractivity contribution in [2.45, 2.75) is 32.7 Å². The first kappa shape index (κ1) is 15.3. The number of halogens is 2. The zero-order valence-electron chi connectivity index (χ0n) is 11.7. The Labute approximate surface area is 127 Å². The standard InChI is InChI=1S/C16H19BrFNO/c1-3-13-7-8-16(20-13)15(19-4-2)9-11-5-6-12(17)10-14(11)18/h5-8,10,15,19H,3-4,9H2,1-2H3. The van der Waals surface area contributed by atoms with Crippen molar-refractivity contribution in [3.05, 3.63) is 57.7 Å². The monoisotopic (exact) mass is 339 g/mol. The van der Waals surface area contributed by atoms with Gasteiger partial charge >= 0.3 is 0 Å². The van der Waals surface area contributed by atoms with E-state index in [4.69, 9.17) is 4.42 Å². The molecule has 0 spiro atoms. The highest BCUT2D eigenvalue weighted by Gasteiger charge is 2.17. The van der Waals surface area contributed by atoms with Crippen molar-refractivity contribution < 1.29 is 8.81 Å². The van der Waals surface area contributed by atoms with Crippen molar-refractivity contribution in [2.24, 2.45) is 0 Å². The van der Waals surface area contributed by atoms with Crippen LogP contribution in [0.2, 0.25) is 0 Å². The zero-order valence-corrected chi connectivity index (χ0v) is 13.3. The SMILES string of the molecule is CCNC(Cc1ccc(Br)cc1F)c1ccc(CC)o1. The number of hydrogen-bond donors (Lipinski definition) is 1. The van der Waals surface area contributed by atoms with Gasteiger partial charge in [0.05, 0.1) is 6.04 Å². The minimum absolute atomic E-state index is 0.00373. The number of nitrogens with one attached hydrogen (secondary N) is 1. The van der Waals surface area contributed by atoms with Crippen LogP contribution in [0.5, 0.6) is 0 Å². The largest absolute Gasteiger partial charge is 0.464 e. The fourth-order valence-corrected chi connectivity index (χ4v) is 2.53. The van der Waals surface area contributed by atoms with Crippen LogP contribution in [0.25, 0.3) is 0 Å². The Morgan fingerprint density at radius 3 is 2.65 bits per heavy atom. The van der Waals surface area contributed by atoms with Crippen LogP contribution in [0.15, 0.2) is 39.2 Å². The van der Waals surface area contributed by atoms with E-state index in [2.05, 4.69) is 28.2 Å². The molecule has 1 unspecified atom stereocenters. The summed E-state index contributed by atoms with van der Waals surface area (Å²) in [4.78, 5) is 0. The van der Waals surface area contributed by atoms with Gasteiger partial charge in [0.2, 0.25) is 0 Å². The van der Waals surface area contributed by atoms with E-state index >= 15 is 0 Å². The molecule has 2 rings (SSSR count). The van der Waals surface area contributed by atoms with Crippen LogP contribution in [0.3, 0.4) is 0 Å². The van der Waals surface area contributed by atoms with E-state index in [1.807, 2.05) is 31.2 Å². The average molecular weight is 340 g/mol. The molecule has 0 amide bonds. The Hall–Kier alpha value is -1.13. The summed E-state index contributed by atoms with van der Waals surface area (Å²) in [6, 6.07) is 9.13. The van der Waals surface area contributed by atoms with E-state index in [0.717, 1.165) is 29.0 Å². The first-order valence-electron chi connectivity index (χ1n) is 6.90. The molecule has 2 nitrogen and oxygen atoms in total. The molecule has 1 aromatic carbocycles. The molecule has 0 fully saturated rings. The highest BCUT2D eigenvalue weighted by Crippen LogP contribution is 2.24. The molecule has 4 heteroatoms. The molecule has 0 radical (unpaired) electrons. The summed E-state index contributed by atoms with van der Waals surface area (Å²) in [5, 5.41) is 3.35. The average Bonchev–Trinajstić information content (AvgIpc) is 2.90. The van der Waals surface area contributed by atoms with Gasteiger partial charge in [-0.05, 0) is 42.8 Å². The summed E-state index contributed by atoms with van der Waals surface area (Å²) in [6.45, 7) is 4.90. The molecule has 0 aliphatic rings. The summed E-state index contributed by atoms with van der Waals surface area (Å²) in [5.74, 6) is 1.63. The molecule has 1 atom stereocenters. The normalized spacial score (nSPS) is 12.6. The topological polar surface area (TPSA) is 25.2 Å². The van der Waals surface area contributed by atoms with Crippen molar-refractivity contribution in [1.82, 2.24) is 5.32 Å². The Balaban J connectivity index is 2.20. The second-order valence-corrected chi connectivity index (χ2v) is 5.62. The molecule has 0 saturated carbocycles. The highest BCUT2D eigenvalue weighted by molar-refractivity contribution is 9.10. The van der Waals surface area contributed by atoms with Crippen LogP contribution >= 0.6 is 15.9 Å². The molecule has 1 aromatic heterocycles. The lowest BCUT2D eigenvalue weighted by Crippen LogP contribution is -2.22. The lowest BCUT2D eigenvalue weighted by molar-refractivity contribution is 0.394. The quantitative estimate of drug-likeness (QED) is 0.829. The van der Waals surface area contributed by atoms with E-state index in [-0.39, 0.29) is 11.9 Å². The maximum atomic E-state index is 13.9. The van der Waals surface area contributed by atoms with Crippen LogP contribution in [0, 0.1) is 5.82 Å². The smallest absolute Gasteiger partial charge is 0.127 e. The lowest BCUT2D eigenvalue weighted by Gasteiger charge is -2.16. The van der Waals surface area contributed by atoms with Gasteiger partial charge in [-0.2, -0.15) is 0 Å². The molecule has 108 valence electrons. The third-order valence-corrected chi connectivity index (χ3v) is 3.76. The van der Waals surface area contributed by atoms with Crippen molar-refractivity contribution in [2.75, 3.05) is 6.54 Å². The molecule has 0 aliphatic heterocycles. The summed E-state index contributed by atoms with van der Waals surface area (Å²) in [5.41, 5.74) is 0.689. The van der Waals surface area contributed by atoms with Crippen LogP contribution in [0.4, 0.5) is 4.39 Å². The maximum absolute atomic E-state index is 13.9. The molecule has 0 aliphatic carbocycles. The predicted octanol–water partition coefficient (Wildman–Crippen LogP) is 4.64. The van der Waals surface area contributed by atoms with E-state index in [1.165, 1.54) is 6.07 Å². The first-order chi connectivity index (χ1) is 9.63. The first-order valence-corrected chi connectivity index (χ1v) is 7.69. The van der Waals surface area contributed by atoms with Crippen LogP contribution in [-0.4, -0.2) is 6.54 Å². The fourth-order valence-electron chi connectivity index (χ4n) is 2.20. The van der Waals surface area contributed by atoms with E-state index in [1.54, 1.807) is 0 Å². The summed E-state index contributed by atoms with van der Waals surface area (Å²) >= 11 is 3.28. The van der Waals surface area contributed by atoms with Crippen LogP contribution < -0.4 is 5.32 Å². The third kappa shape index (κ3) is 3.70. The Morgan fingerprint density at radius 1 is 1.25 bits per heavy atom. The van der Waals surface area contributed by atoms with Gasteiger partial charge in [0.15, 0.2) is 0 Å². The number of aryl methyl sites for hydroxylation is 1. The molecule has 1 N–H and O–H groups in total. The lowest BCUT2D eigenvalue weighted by atomic mass is 10.0. The second kappa shape index (κ2) is 7.04. The van der Waals surface area contributed by atoms with Gasteiger partial charge in [-0.25, -0.2) is 4.39 Å². The summed E-state index contributed by atoms with van der Waals surface area (Å²) in [6.07, 6.45) is 1.44. The summed E-state index contributed by atoms with van der Waals surface area (Å²) in [7, 11) is 0. The highest BCUT2D eigenvalue weighted by atomic mass is 79.9. The Bertz CT molecular complexity index is 567. The fraction of sp³-hybridized carbons (Fsp3) is 0.375. The summed E-state index contributed by atoms with van der Waals surface area (Å²) < 4.78 is 20.5. The number of hydrogen-bond acceptors (Lipinski definition) is 2. The minimum Gasteiger partial charge on any atom is -0.464 e. The molecule has 20 heavy (non-hydrogen) atoms. The van der Waals surface area contributed by atoms with Gasteiger partial charge in [-0.15, -0.1) is 0 Å². The molecular formula is C16H19BrFNO. The van der Waals surface area contributed by atoms with E-state index in [9.17, 15) is 4.39 Å². The number of rotatable bonds is 6. The molecule has 1 heterocycles. The minimum atomic E-state index is -0.190. The predicted molar refractivity (Wildman–Crippen MR) is 82.3 cm³/mol. The van der Waals surface area contributed by atoms with Gasteiger partial charge in [0, 0.05) is 10.9 Å². The van der Waals surface area contributed by atoms with Crippen molar-refractivity contribution in [1.29, 1.82) is 0 Å². The van der Waals surface area contributed by atoms with Crippen LogP contribution in [0.1, 0.15) is 37.0 Å². The molecule has 2 aromatic rings. The Morgan fingerprint density at radius 2 is 2.05 bits per heavy atom. The van der Waals surface area contributed by atoms with E-state index < -0.39 is 0 Å². The van der Waals surface area contributed by atoms with Gasteiger partial charge < -0.3 is 9.73 Å². The van der Waals surface area contributed by atoms with Gasteiger partial charge in [-0.1, -0.05) is 35.8 Å². The molecular weight excluding hydrogens is 321 g/mol. The van der Waals surface area contributed by atoms with Gasteiger partial charge in [-0.3, -0.25) is 0 Å². The zero-order chi connectivity index (χ0) is 14.5. The van der Waals surface area contributed by atoms with Crippen molar-refractivity contribution >= 4 is 15.9 Å². The molecule has 0 saturated heterocycles. The Kier molecular flexibility index (Phi) is 5.38. The number of benzene rings is 1. The maximum Gasteiger partial charge on any atom is 0.127 e. The number of likely N-dealkylation sites (N-methyl/N-ethyl adjacent to an activating group) is 1. The van der Waals surface area contributed by atoms with Gasteiger partial charge in [0.1, 0.15) is 17.3 Å².